The molecule has 1 N–H and O–H groups in total. The lowest BCUT2D eigenvalue weighted by atomic mass is 9.85. The van der Waals surface area contributed by atoms with Crippen LogP contribution >= 0.6 is 0 Å². The lowest BCUT2D eigenvalue weighted by molar-refractivity contribution is -0.183. The van der Waals surface area contributed by atoms with Crippen molar-refractivity contribution in [2.75, 3.05) is 6.54 Å². The van der Waals surface area contributed by atoms with Gasteiger partial charge in [0.1, 0.15) is 0 Å². The number of alkyl halides is 3. The van der Waals surface area contributed by atoms with E-state index in [1.165, 1.54) is 0 Å². The zero-order chi connectivity index (χ0) is 14.6. The van der Waals surface area contributed by atoms with E-state index in [1.807, 2.05) is 10.8 Å². The van der Waals surface area contributed by atoms with Gasteiger partial charge in [-0.15, -0.1) is 0 Å². The van der Waals surface area contributed by atoms with Crippen LogP contribution < -0.4 is 5.32 Å². The molecular formula is C14H22F3N3. The van der Waals surface area contributed by atoms with Crippen LogP contribution in [0.2, 0.25) is 0 Å². The van der Waals surface area contributed by atoms with Crippen molar-refractivity contribution in [2.45, 2.75) is 51.4 Å². The Morgan fingerprint density at radius 3 is 2.85 bits per heavy atom. The first-order valence-electron chi connectivity index (χ1n) is 7.21. The number of nitrogens with zero attached hydrogens (tertiary/aromatic N) is 2. The molecule has 1 saturated carbocycles. The van der Waals surface area contributed by atoms with Crippen LogP contribution in [0, 0.1) is 11.8 Å². The Balaban J connectivity index is 1.73. The maximum atomic E-state index is 12.7. The highest BCUT2D eigenvalue weighted by atomic mass is 19.4. The maximum Gasteiger partial charge on any atom is 0.391 e. The van der Waals surface area contributed by atoms with Gasteiger partial charge in [-0.2, -0.15) is 13.2 Å². The Hall–Kier alpha value is -1.04. The minimum absolute atomic E-state index is 0.000567. The molecule has 0 aliphatic heterocycles. The molecule has 20 heavy (non-hydrogen) atoms. The summed E-state index contributed by atoms with van der Waals surface area (Å²) < 4.78 is 40.2. The van der Waals surface area contributed by atoms with Gasteiger partial charge in [-0.05, 0) is 31.7 Å². The standard InChI is InChI=1S/C14H22F3N3/c1-11(9-20-6-5-18-10-20)8-19-13-4-2-3-12(7-13)14(15,16)17/h5-6,10-13,19H,2-4,7-9H2,1H3/t11-,12-,13+/m1/s1. The molecule has 0 bridgehead atoms. The molecule has 1 aliphatic rings. The van der Waals surface area contributed by atoms with Gasteiger partial charge in [0.25, 0.3) is 0 Å². The molecular weight excluding hydrogens is 267 g/mol. The second-order valence-electron chi connectivity index (χ2n) is 5.87. The largest absolute Gasteiger partial charge is 0.391 e. The minimum Gasteiger partial charge on any atom is -0.337 e. The van der Waals surface area contributed by atoms with Crippen molar-refractivity contribution in [1.29, 1.82) is 0 Å². The van der Waals surface area contributed by atoms with E-state index in [0.29, 0.717) is 12.3 Å². The van der Waals surface area contributed by atoms with Gasteiger partial charge < -0.3 is 9.88 Å². The monoisotopic (exact) mass is 289 g/mol. The minimum atomic E-state index is -4.04. The van der Waals surface area contributed by atoms with Crippen molar-refractivity contribution in [3.8, 4) is 0 Å². The summed E-state index contributed by atoms with van der Waals surface area (Å²) >= 11 is 0. The molecule has 0 radical (unpaired) electrons. The van der Waals surface area contributed by atoms with E-state index in [1.54, 1.807) is 12.5 Å². The lowest BCUT2D eigenvalue weighted by Gasteiger charge is -2.31. The average Bonchev–Trinajstić information content (AvgIpc) is 2.88. The van der Waals surface area contributed by atoms with Crippen LogP contribution in [0.1, 0.15) is 32.6 Å². The third-order valence-electron chi connectivity index (χ3n) is 3.97. The number of hydrogen-bond acceptors (Lipinski definition) is 2. The van der Waals surface area contributed by atoms with E-state index < -0.39 is 12.1 Å². The third-order valence-corrected chi connectivity index (χ3v) is 3.97. The molecule has 3 atom stereocenters. The van der Waals surface area contributed by atoms with Crippen molar-refractivity contribution < 1.29 is 13.2 Å². The molecule has 0 unspecified atom stereocenters. The molecule has 114 valence electrons. The smallest absolute Gasteiger partial charge is 0.337 e. The van der Waals surface area contributed by atoms with Gasteiger partial charge in [-0.25, -0.2) is 4.98 Å². The Kier molecular flexibility index (Phi) is 5.07. The fourth-order valence-electron chi connectivity index (χ4n) is 2.86. The summed E-state index contributed by atoms with van der Waals surface area (Å²) in [4.78, 5) is 3.98. The highest BCUT2D eigenvalue weighted by Gasteiger charge is 2.41. The average molecular weight is 289 g/mol. The molecule has 0 amide bonds. The molecule has 1 heterocycles. The summed E-state index contributed by atoms with van der Waals surface area (Å²) in [6, 6.07) is 0.000567. The second-order valence-corrected chi connectivity index (χ2v) is 5.87. The fourth-order valence-corrected chi connectivity index (χ4v) is 2.86. The van der Waals surface area contributed by atoms with Crippen LogP contribution in [-0.2, 0) is 6.54 Å². The summed E-state index contributed by atoms with van der Waals surface area (Å²) in [5, 5.41) is 3.30. The Morgan fingerprint density at radius 1 is 1.40 bits per heavy atom. The van der Waals surface area contributed by atoms with Gasteiger partial charge in [0.2, 0.25) is 0 Å². The molecule has 2 rings (SSSR count). The predicted molar refractivity (Wildman–Crippen MR) is 71.2 cm³/mol. The van der Waals surface area contributed by atoms with Gasteiger partial charge in [0.15, 0.2) is 0 Å². The van der Waals surface area contributed by atoms with E-state index in [2.05, 4.69) is 17.2 Å². The zero-order valence-electron chi connectivity index (χ0n) is 11.7. The van der Waals surface area contributed by atoms with Gasteiger partial charge >= 0.3 is 6.18 Å². The van der Waals surface area contributed by atoms with Crippen LogP contribution in [0.4, 0.5) is 13.2 Å². The van der Waals surface area contributed by atoms with Gasteiger partial charge in [0.05, 0.1) is 12.2 Å². The molecule has 1 fully saturated rings. The normalized spacial score (nSPS) is 25.6. The first kappa shape index (κ1) is 15.4. The van der Waals surface area contributed by atoms with Gasteiger partial charge in [-0.3, -0.25) is 0 Å². The summed E-state index contributed by atoms with van der Waals surface area (Å²) in [6.45, 7) is 3.67. The quantitative estimate of drug-likeness (QED) is 0.902. The van der Waals surface area contributed by atoms with E-state index in [9.17, 15) is 13.2 Å². The van der Waals surface area contributed by atoms with E-state index in [4.69, 9.17) is 0 Å². The van der Waals surface area contributed by atoms with Crippen LogP contribution in [0.25, 0.3) is 0 Å². The highest BCUT2D eigenvalue weighted by Crippen LogP contribution is 2.37. The van der Waals surface area contributed by atoms with Crippen LogP contribution in [0.5, 0.6) is 0 Å². The molecule has 1 aromatic heterocycles. The number of halogens is 3. The molecule has 6 heteroatoms. The molecule has 1 aliphatic carbocycles. The zero-order valence-corrected chi connectivity index (χ0v) is 11.7. The highest BCUT2D eigenvalue weighted by molar-refractivity contribution is 4.82. The number of nitrogens with one attached hydrogen (secondary N) is 1. The first-order valence-corrected chi connectivity index (χ1v) is 7.21. The van der Waals surface area contributed by atoms with Crippen LogP contribution in [0.15, 0.2) is 18.7 Å². The summed E-state index contributed by atoms with van der Waals surface area (Å²) in [5.41, 5.74) is 0. The number of hydrogen-bond donors (Lipinski definition) is 1. The van der Waals surface area contributed by atoms with Crippen molar-refractivity contribution >= 4 is 0 Å². The van der Waals surface area contributed by atoms with Gasteiger partial charge in [-0.1, -0.05) is 13.3 Å². The Labute approximate surface area is 117 Å². The maximum absolute atomic E-state index is 12.7. The number of rotatable bonds is 5. The summed E-state index contributed by atoms with van der Waals surface area (Å²) in [5.74, 6) is -0.756. The molecule has 0 saturated heterocycles. The van der Waals surface area contributed by atoms with Crippen molar-refractivity contribution in [3.05, 3.63) is 18.7 Å². The molecule has 3 nitrogen and oxygen atoms in total. The van der Waals surface area contributed by atoms with Crippen LogP contribution in [-0.4, -0.2) is 28.3 Å². The van der Waals surface area contributed by atoms with E-state index in [0.717, 1.165) is 19.5 Å². The lowest BCUT2D eigenvalue weighted by Crippen LogP contribution is -2.40. The van der Waals surface area contributed by atoms with Gasteiger partial charge in [0, 0.05) is 25.0 Å². The molecule has 0 spiro atoms. The summed E-state index contributed by atoms with van der Waals surface area (Å²) in [6.07, 6.45) is 3.38. The molecule has 1 aromatic rings. The SMILES string of the molecule is C[C@H](CN[C@H]1CCC[C@@H](C(F)(F)F)C1)Cn1ccnc1. The third kappa shape index (κ3) is 4.51. The van der Waals surface area contributed by atoms with E-state index >= 15 is 0 Å². The Morgan fingerprint density at radius 2 is 2.20 bits per heavy atom. The Bertz CT molecular complexity index is 389. The van der Waals surface area contributed by atoms with Crippen molar-refractivity contribution in [3.63, 3.8) is 0 Å². The number of aromatic nitrogens is 2. The van der Waals surface area contributed by atoms with E-state index in [-0.39, 0.29) is 18.9 Å². The number of imidazole rings is 1. The van der Waals surface area contributed by atoms with Crippen molar-refractivity contribution in [1.82, 2.24) is 14.9 Å². The topological polar surface area (TPSA) is 29.9 Å². The first-order chi connectivity index (χ1) is 9.45. The second kappa shape index (κ2) is 6.61. The predicted octanol–water partition coefficient (Wildman–Crippen LogP) is 3.23. The fraction of sp³-hybridized carbons (Fsp3) is 0.786. The summed E-state index contributed by atoms with van der Waals surface area (Å²) in [7, 11) is 0. The van der Waals surface area contributed by atoms with Crippen LogP contribution in [0.3, 0.4) is 0 Å². The molecule has 0 aromatic carbocycles. The van der Waals surface area contributed by atoms with Crippen molar-refractivity contribution in [2.24, 2.45) is 11.8 Å².